The molecule has 9 heteroatoms. The van der Waals surface area contributed by atoms with Crippen LogP contribution in [0.2, 0.25) is 0 Å². The molecule has 0 amide bonds. The second-order valence-electron chi connectivity index (χ2n) is 7.67. The number of carbonyl (C=O) groups excluding carboxylic acids is 1. The molecule has 6 N–H and O–H groups in total. The Morgan fingerprint density at radius 1 is 1.25 bits per heavy atom. The van der Waals surface area contributed by atoms with E-state index < -0.39 is 60.7 Å². The van der Waals surface area contributed by atoms with E-state index in [1.807, 2.05) is 20.8 Å². The van der Waals surface area contributed by atoms with Crippen LogP contribution < -0.4 is 0 Å². The molecule has 1 heterocycles. The van der Waals surface area contributed by atoms with Crippen molar-refractivity contribution in [3.8, 4) is 0 Å². The van der Waals surface area contributed by atoms with E-state index in [1.54, 1.807) is 0 Å². The number of aliphatic hydroxyl groups is 6. The summed E-state index contributed by atoms with van der Waals surface area (Å²) in [4.78, 5) is 12.8. The van der Waals surface area contributed by atoms with Gasteiger partial charge in [-0.05, 0) is 30.6 Å². The molecule has 9 nitrogen and oxygen atoms in total. The van der Waals surface area contributed by atoms with Gasteiger partial charge in [0, 0.05) is 0 Å². The largest absolute Gasteiger partial charge is 0.508 e. The van der Waals surface area contributed by atoms with Gasteiger partial charge in [0.2, 0.25) is 0 Å². The molecule has 2 rings (SSSR count). The normalized spacial score (nSPS) is 39.5. The highest BCUT2D eigenvalue weighted by Gasteiger charge is 2.56. The molecule has 1 aliphatic heterocycles. The van der Waals surface area contributed by atoms with E-state index in [0.717, 1.165) is 18.2 Å². The Hall–Kier alpha value is -1.49. The summed E-state index contributed by atoms with van der Waals surface area (Å²) in [5.74, 6) is -2.54. The van der Waals surface area contributed by atoms with Gasteiger partial charge in [-0.3, -0.25) is 4.79 Å². The van der Waals surface area contributed by atoms with Crippen LogP contribution in [0.1, 0.15) is 27.2 Å². The molecular weight excluding hydrogens is 372 g/mol. The fraction of sp³-hybridized carbons (Fsp3) is 0.737. The fourth-order valence-electron chi connectivity index (χ4n) is 3.61. The van der Waals surface area contributed by atoms with Crippen molar-refractivity contribution < 1.29 is 44.9 Å². The Labute approximate surface area is 163 Å². The summed E-state index contributed by atoms with van der Waals surface area (Å²) >= 11 is 0. The van der Waals surface area contributed by atoms with Crippen LogP contribution in [0, 0.1) is 11.8 Å². The average molecular weight is 402 g/mol. The molecule has 0 aromatic heterocycles. The van der Waals surface area contributed by atoms with E-state index in [-0.39, 0.29) is 11.7 Å². The second-order valence-corrected chi connectivity index (χ2v) is 7.67. The molecule has 1 saturated heterocycles. The minimum atomic E-state index is -2.19. The minimum Gasteiger partial charge on any atom is -0.508 e. The number of ether oxygens (including phenoxy) is 2. The van der Waals surface area contributed by atoms with Crippen molar-refractivity contribution in [2.75, 3.05) is 6.61 Å². The summed E-state index contributed by atoms with van der Waals surface area (Å²) in [7, 11) is 0. The summed E-state index contributed by atoms with van der Waals surface area (Å²) in [6.07, 6.45) is -4.50. The Balaban J connectivity index is 2.36. The third-order valence-electron chi connectivity index (χ3n) is 5.37. The molecule has 160 valence electrons. The summed E-state index contributed by atoms with van der Waals surface area (Å²) in [6.45, 7) is 4.91. The summed E-state index contributed by atoms with van der Waals surface area (Å²) in [5, 5.41) is 60.8. The van der Waals surface area contributed by atoms with Crippen LogP contribution in [0.5, 0.6) is 0 Å². The molecule has 0 bridgehead atoms. The van der Waals surface area contributed by atoms with Crippen molar-refractivity contribution in [3.63, 3.8) is 0 Å². The maximum absolute atomic E-state index is 12.8. The first-order valence-electron chi connectivity index (χ1n) is 9.40. The molecule has 0 radical (unpaired) electrons. The highest BCUT2D eigenvalue weighted by molar-refractivity contribution is 5.78. The van der Waals surface area contributed by atoms with E-state index in [4.69, 9.17) is 9.47 Å². The van der Waals surface area contributed by atoms with Gasteiger partial charge in [0.1, 0.15) is 53.9 Å². The van der Waals surface area contributed by atoms with E-state index in [2.05, 4.69) is 0 Å². The zero-order valence-electron chi connectivity index (χ0n) is 16.2. The zero-order valence-corrected chi connectivity index (χ0v) is 16.2. The highest BCUT2D eigenvalue weighted by Crippen LogP contribution is 2.38. The highest BCUT2D eigenvalue weighted by atomic mass is 16.6. The predicted octanol–water partition coefficient (Wildman–Crippen LogP) is -0.834. The lowest BCUT2D eigenvalue weighted by atomic mass is 9.74. The van der Waals surface area contributed by atoms with Gasteiger partial charge < -0.3 is 40.1 Å². The van der Waals surface area contributed by atoms with Crippen molar-refractivity contribution in [1.29, 1.82) is 0 Å². The topological polar surface area (TPSA) is 157 Å². The Bertz CT molecular complexity index is 615. The molecule has 0 saturated carbocycles. The van der Waals surface area contributed by atoms with E-state index in [1.165, 1.54) is 0 Å². The van der Waals surface area contributed by atoms with Crippen molar-refractivity contribution in [2.45, 2.75) is 69.4 Å². The van der Waals surface area contributed by atoms with Crippen LogP contribution in [-0.4, -0.2) is 85.4 Å². The van der Waals surface area contributed by atoms with E-state index in [9.17, 15) is 35.4 Å². The SMILES string of the molecule is CCC(OC(=O)C1C=C(O)C=CC1(O)[C@@H]1O[C@H](CO)[C@@H](O)[C@H](O)[C@H]1O)C(C)C. The number of aliphatic hydroxyl groups excluding tert-OH is 5. The number of allylic oxidation sites excluding steroid dienone is 1. The lowest BCUT2D eigenvalue weighted by molar-refractivity contribution is -0.267. The van der Waals surface area contributed by atoms with Crippen molar-refractivity contribution in [1.82, 2.24) is 0 Å². The lowest BCUT2D eigenvalue weighted by Crippen LogP contribution is -2.67. The summed E-state index contributed by atoms with van der Waals surface area (Å²) in [6, 6.07) is 0. The average Bonchev–Trinajstić information content (AvgIpc) is 2.65. The van der Waals surface area contributed by atoms with Gasteiger partial charge in [0.15, 0.2) is 0 Å². The maximum atomic E-state index is 12.8. The maximum Gasteiger partial charge on any atom is 0.316 e. The quantitative estimate of drug-likeness (QED) is 0.312. The second kappa shape index (κ2) is 8.89. The van der Waals surface area contributed by atoms with Gasteiger partial charge in [-0.25, -0.2) is 0 Å². The molecule has 2 aliphatic rings. The van der Waals surface area contributed by atoms with Gasteiger partial charge >= 0.3 is 5.97 Å². The molecule has 0 aromatic carbocycles. The first-order valence-corrected chi connectivity index (χ1v) is 9.40. The predicted molar refractivity (Wildman–Crippen MR) is 97.1 cm³/mol. The molecule has 0 aromatic rings. The number of carbonyl (C=O) groups is 1. The molecule has 1 aliphatic carbocycles. The van der Waals surface area contributed by atoms with Gasteiger partial charge in [-0.1, -0.05) is 20.8 Å². The standard InChI is InChI=1S/C19H30O9/c1-4-12(9(2)3)28-18(25)11-7-10(21)5-6-19(11,26)17-16(24)15(23)14(22)13(8-20)27-17/h5-7,9,11-17,20-24,26H,4,8H2,1-3H3/t11?,12?,13-,14-,15+,16-,17-,19?/m1/s1. The van der Waals surface area contributed by atoms with Crippen LogP contribution in [0.3, 0.4) is 0 Å². The molecule has 8 atom stereocenters. The van der Waals surface area contributed by atoms with Gasteiger partial charge in [0.25, 0.3) is 0 Å². The first kappa shape index (κ1) is 22.8. The zero-order chi connectivity index (χ0) is 21.2. The molecule has 0 spiro atoms. The lowest BCUT2D eigenvalue weighted by Gasteiger charge is -2.48. The summed E-state index contributed by atoms with van der Waals surface area (Å²) in [5.41, 5.74) is -2.19. The van der Waals surface area contributed by atoms with Gasteiger partial charge in [-0.15, -0.1) is 0 Å². The first-order chi connectivity index (χ1) is 13.1. The fourth-order valence-corrected chi connectivity index (χ4v) is 3.61. The number of rotatable bonds is 6. The molecular formula is C19H30O9. The van der Waals surface area contributed by atoms with Gasteiger partial charge in [0.05, 0.1) is 6.61 Å². The Morgan fingerprint density at radius 3 is 2.43 bits per heavy atom. The number of esters is 1. The van der Waals surface area contributed by atoms with Crippen LogP contribution in [0.25, 0.3) is 0 Å². The van der Waals surface area contributed by atoms with Crippen molar-refractivity contribution in [3.05, 3.63) is 24.0 Å². The van der Waals surface area contributed by atoms with E-state index >= 15 is 0 Å². The smallest absolute Gasteiger partial charge is 0.316 e. The third-order valence-corrected chi connectivity index (χ3v) is 5.37. The van der Waals surface area contributed by atoms with E-state index in [0.29, 0.717) is 6.42 Å². The molecule has 28 heavy (non-hydrogen) atoms. The minimum absolute atomic E-state index is 0.0195. The Morgan fingerprint density at radius 2 is 1.89 bits per heavy atom. The summed E-state index contributed by atoms with van der Waals surface area (Å²) < 4.78 is 10.9. The molecule has 3 unspecified atom stereocenters. The van der Waals surface area contributed by atoms with Crippen LogP contribution in [-0.2, 0) is 14.3 Å². The van der Waals surface area contributed by atoms with Crippen LogP contribution >= 0.6 is 0 Å². The van der Waals surface area contributed by atoms with Crippen LogP contribution in [0.15, 0.2) is 24.0 Å². The number of hydrogen-bond donors (Lipinski definition) is 6. The van der Waals surface area contributed by atoms with Crippen molar-refractivity contribution >= 4 is 5.97 Å². The Kier molecular flexibility index (Phi) is 7.24. The third kappa shape index (κ3) is 4.24. The van der Waals surface area contributed by atoms with Crippen molar-refractivity contribution in [2.24, 2.45) is 11.8 Å². The monoisotopic (exact) mass is 402 g/mol. The number of hydrogen-bond acceptors (Lipinski definition) is 9. The molecule has 1 fully saturated rings. The van der Waals surface area contributed by atoms with Crippen LogP contribution in [0.4, 0.5) is 0 Å². The van der Waals surface area contributed by atoms with Gasteiger partial charge in [-0.2, -0.15) is 0 Å².